The van der Waals surface area contributed by atoms with Crippen molar-refractivity contribution in [2.75, 3.05) is 0 Å². The van der Waals surface area contributed by atoms with Crippen LogP contribution in [0.15, 0.2) is 38.8 Å². The van der Waals surface area contributed by atoms with Crippen molar-refractivity contribution in [2.45, 2.75) is 33.1 Å². The largest absolute Gasteiger partial charge is 0.494 e. The van der Waals surface area contributed by atoms with Gasteiger partial charge in [-0.1, -0.05) is 32.9 Å². The first-order valence-electron chi connectivity index (χ1n) is 7.94. The summed E-state index contributed by atoms with van der Waals surface area (Å²) in [6.07, 6.45) is 0.451. The molecular formula is C18H23N3O3. The molecule has 6 nitrogen and oxygen atoms in total. The van der Waals surface area contributed by atoms with Gasteiger partial charge in [-0.05, 0) is 30.0 Å². The summed E-state index contributed by atoms with van der Waals surface area (Å²) in [5.41, 5.74) is 1.29. The van der Waals surface area contributed by atoms with E-state index in [-0.39, 0.29) is 11.4 Å². The molecule has 0 fully saturated rings. The van der Waals surface area contributed by atoms with Crippen LogP contribution in [0.25, 0.3) is 0 Å². The Hall–Kier alpha value is -2.63. The van der Waals surface area contributed by atoms with Crippen LogP contribution in [0.5, 0.6) is 5.88 Å². The van der Waals surface area contributed by atoms with Gasteiger partial charge in [-0.15, -0.1) is 0 Å². The zero-order valence-electron chi connectivity index (χ0n) is 14.7. The van der Waals surface area contributed by atoms with E-state index < -0.39 is 11.2 Å². The van der Waals surface area contributed by atoms with Gasteiger partial charge in [0.25, 0.3) is 5.56 Å². The van der Waals surface area contributed by atoms with Gasteiger partial charge in [0.05, 0.1) is 11.4 Å². The standard InChI is InChI=1S/C18H23N3O3/c1-6-14(19-13-9-7-12(8-10-13)11(2)3)15-16(22)20(4)18(24)21(5)17(15)23/h7-11,22H,6H2,1-5H3. The summed E-state index contributed by atoms with van der Waals surface area (Å²) in [6, 6.07) is 7.76. The van der Waals surface area contributed by atoms with E-state index in [1.54, 1.807) is 0 Å². The van der Waals surface area contributed by atoms with Crippen LogP contribution in [0, 0.1) is 0 Å². The number of benzene rings is 1. The van der Waals surface area contributed by atoms with Gasteiger partial charge in [0.2, 0.25) is 5.88 Å². The molecule has 2 rings (SSSR count). The van der Waals surface area contributed by atoms with Crippen LogP contribution in [-0.4, -0.2) is 20.0 Å². The van der Waals surface area contributed by atoms with E-state index in [9.17, 15) is 14.7 Å². The smallest absolute Gasteiger partial charge is 0.333 e. The van der Waals surface area contributed by atoms with Gasteiger partial charge in [-0.25, -0.2) is 4.79 Å². The lowest BCUT2D eigenvalue weighted by atomic mass is 10.0. The van der Waals surface area contributed by atoms with Crippen LogP contribution < -0.4 is 11.2 Å². The Kier molecular flexibility index (Phi) is 5.07. The fourth-order valence-corrected chi connectivity index (χ4v) is 2.49. The maximum Gasteiger partial charge on any atom is 0.333 e. The zero-order chi connectivity index (χ0) is 18.0. The van der Waals surface area contributed by atoms with Crippen LogP contribution in [0.2, 0.25) is 0 Å². The van der Waals surface area contributed by atoms with Crippen LogP contribution in [0.3, 0.4) is 0 Å². The molecule has 0 saturated carbocycles. The Morgan fingerprint density at radius 3 is 2.21 bits per heavy atom. The zero-order valence-corrected chi connectivity index (χ0v) is 14.7. The Morgan fingerprint density at radius 2 is 1.71 bits per heavy atom. The number of rotatable bonds is 4. The SMILES string of the molecule is CCC(=Nc1ccc(C(C)C)cc1)c1c(O)n(C)c(=O)n(C)c1=O. The van der Waals surface area contributed by atoms with Crippen molar-refractivity contribution in [3.63, 3.8) is 0 Å². The predicted molar refractivity (Wildman–Crippen MR) is 95.6 cm³/mol. The third kappa shape index (κ3) is 3.18. The fourth-order valence-electron chi connectivity index (χ4n) is 2.49. The topological polar surface area (TPSA) is 76.6 Å². The predicted octanol–water partition coefficient (Wildman–Crippen LogP) is 2.44. The third-order valence-corrected chi connectivity index (χ3v) is 4.08. The summed E-state index contributed by atoms with van der Waals surface area (Å²) in [5.74, 6) is 0.0659. The van der Waals surface area contributed by atoms with Crippen molar-refractivity contribution in [1.29, 1.82) is 0 Å². The molecular weight excluding hydrogens is 306 g/mol. The second-order valence-electron chi connectivity index (χ2n) is 6.06. The molecule has 0 unspecified atom stereocenters. The van der Waals surface area contributed by atoms with Crippen molar-refractivity contribution in [2.24, 2.45) is 19.1 Å². The lowest BCUT2D eigenvalue weighted by molar-refractivity contribution is 0.410. The van der Waals surface area contributed by atoms with Gasteiger partial charge < -0.3 is 5.11 Å². The highest BCUT2D eigenvalue weighted by atomic mass is 16.3. The minimum absolute atomic E-state index is 0.0648. The first-order chi connectivity index (χ1) is 11.3. The average Bonchev–Trinajstić information content (AvgIpc) is 2.57. The van der Waals surface area contributed by atoms with Gasteiger partial charge in [-0.2, -0.15) is 0 Å². The average molecular weight is 329 g/mol. The monoisotopic (exact) mass is 329 g/mol. The second kappa shape index (κ2) is 6.86. The molecule has 1 aromatic heterocycles. The normalized spacial score (nSPS) is 12.0. The van der Waals surface area contributed by atoms with Gasteiger partial charge in [0, 0.05) is 14.1 Å². The number of aliphatic imine (C=N–C) groups is 1. The van der Waals surface area contributed by atoms with E-state index in [0.29, 0.717) is 23.7 Å². The van der Waals surface area contributed by atoms with E-state index in [1.807, 2.05) is 31.2 Å². The number of aromatic nitrogens is 2. The Morgan fingerprint density at radius 1 is 1.12 bits per heavy atom. The molecule has 0 spiro atoms. The molecule has 0 aliphatic rings. The van der Waals surface area contributed by atoms with E-state index in [1.165, 1.54) is 19.7 Å². The highest BCUT2D eigenvalue weighted by Gasteiger charge is 2.19. The number of hydrogen-bond donors (Lipinski definition) is 1. The maximum atomic E-state index is 12.4. The molecule has 24 heavy (non-hydrogen) atoms. The second-order valence-corrected chi connectivity index (χ2v) is 6.06. The lowest BCUT2D eigenvalue weighted by Crippen LogP contribution is -2.40. The quantitative estimate of drug-likeness (QED) is 0.875. The number of aromatic hydroxyl groups is 1. The number of nitrogens with zero attached hydrogens (tertiary/aromatic N) is 3. The summed E-state index contributed by atoms with van der Waals surface area (Å²) in [7, 11) is 2.81. The lowest BCUT2D eigenvalue weighted by Gasteiger charge is -2.12. The Labute approximate surface area is 140 Å². The molecule has 1 N–H and O–H groups in total. The first kappa shape index (κ1) is 17.7. The molecule has 0 aliphatic heterocycles. The molecule has 6 heteroatoms. The van der Waals surface area contributed by atoms with Gasteiger partial charge in [0.1, 0.15) is 5.56 Å². The van der Waals surface area contributed by atoms with Gasteiger partial charge in [-0.3, -0.25) is 18.9 Å². The minimum Gasteiger partial charge on any atom is -0.494 e. The molecule has 0 saturated heterocycles. The molecule has 0 aliphatic carbocycles. The van der Waals surface area contributed by atoms with Crippen LogP contribution in [0.4, 0.5) is 5.69 Å². The summed E-state index contributed by atoms with van der Waals surface area (Å²) >= 11 is 0. The van der Waals surface area contributed by atoms with Crippen molar-refractivity contribution < 1.29 is 5.11 Å². The van der Waals surface area contributed by atoms with Crippen LogP contribution in [-0.2, 0) is 14.1 Å². The van der Waals surface area contributed by atoms with E-state index in [2.05, 4.69) is 18.8 Å². The highest BCUT2D eigenvalue weighted by molar-refractivity contribution is 6.03. The molecule has 128 valence electrons. The van der Waals surface area contributed by atoms with Crippen LogP contribution in [0.1, 0.15) is 44.2 Å². The van der Waals surface area contributed by atoms with E-state index in [0.717, 1.165) is 9.13 Å². The molecule has 1 aromatic carbocycles. The van der Waals surface area contributed by atoms with E-state index >= 15 is 0 Å². The first-order valence-corrected chi connectivity index (χ1v) is 7.94. The number of hydrogen-bond acceptors (Lipinski definition) is 4. The van der Waals surface area contributed by atoms with Crippen molar-refractivity contribution in [3.8, 4) is 5.88 Å². The highest BCUT2D eigenvalue weighted by Crippen LogP contribution is 2.21. The summed E-state index contributed by atoms with van der Waals surface area (Å²) in [4.78, 5) is 28.8. The Bertz CT molecular complexity index is 887. The third-order valence-electron chi connectivity index (χ3n) is 4.08. The minimum atomic E-state index is -0.571. The maximum absolute atomic E-state index is 12.4. The van der Waals surface area contributed by atoms with Crippen molar-refractivity contribution in [1.82, 2.24) is 9.13 Å². The van der Waals surface area contributed by atoms with Crippen LogP contribution >= 0.6 is 0 Å². The van der Waals surface area contributed by atoms with Crippen molar-refractivity contribution in [3.05, 3.63) is 56.2 Å². The van der Waals surface area contributed by atoms with Gasteiger partial charge in [0.15, 0.2) is 0 Å². The summed E-state index contributed by atoms with van der Waals surface area (Å²) in [6.45, 7) is 6.08. The van der Waals surface area contributed by atoms with Crippen molar-refractivity contribution >= 4 is 11.4 Å². The molecule has 0 atom stereocenters. The summed E-state index contributed by atoms with van der Waals surface area (Å²) < 4.78 is 2.02. The Balaban J connectivity index is 2.61. The summed E-state index contributed by atoms with van der Waals surface area (Å²) in [5, 5.41) is 10.2. The molecule has 0 bridgehead atoms. The van der Waals surface area contributed by atoms with E-state index in [4.69, 9.17) is 0 Å². The molecule has 1 heterocycles. The molecule has 0 radical (unpaired) electrons. The molecule has 2 aromatic rings. The molecule has 0 amide bonds. The fraction of sp³-hybridized carbons (Fsp3) is 0.389. The van der Waals surface area contributed by atoms with Gasteiger partial charge >= 0.3 is 5.69 Å².